The predicted octanol–water partition coefficient (Wildman–Crippen LogP) is 1.51. The van der Waals surface area contributed by atoms with Crippen LogP contribution < -0.4 is 20.7 Å². The quantitative estimate of drug-likeness (QED) is 0.384. The van der Waals surface area contributed by atoms with E-state index in [1.54, 1.807) is 48.7 Å². The highest BCUT2D eigenvalue weighted by molar-refractivity contribution is 5.78. The molecule has 0 aliphatic heterocycles. The fourth-order valence-electron chi connectivity index (χ4n) is 3.89. The van der Waals surface area contributed by atoms with E-state index in [-0.39, 0.29) is 30.3 Å². The molecule has 1 amide bonds. The smallest absolute Gasteiger partial charge is 0.332 e. The minimum absolute atomic E-state index is 0.0935. The molecule has 3 aromatic rings. The summed E-state index contributed by atoms with van der Waals surface area (Å²) >= 11 is 0. The monoisotopic (exact) mass is 512 g/mol. The van der Waals surface area contributed by atoms with Crippen molar-refractivity contribution in [3.05, 3.63) is 50.4 Å². The first-order valence-corrected chi connectivity index (χ1v) is 12.2. The van der Waals surface area contributed by atoms with E-state index in [2.05, 4.69) is 4.98 Å². The molecule has 1 aromatic carbocycles. The molecule has 2 aromatic heterocycles. The average Bonchev–Trinajstić information content (AvgIpc) is 3.21. The third kappa shape index (κ3) is 5.93. The summed E-state index contributed by atoms with van der Waals surface area (Å²) < 4.78 is 15.6. The van der Waals surface area contributed by atoms with Gasteiger partial charge in [0, 0.05) is 40.3 Å². The zero-order chi connectivity index (χ0) is 27.3. The zero-order valence-electron chi connectivity index (χ0n) is 22.6. The molecule has 2 heterocycles. The number of carbonyl (C=O) groups excluding carboxylic acids is 1. The van der Waals surface area contributed by atoms with Crippen LogP contribution in [0, 0.1) is 0 Å². The Hall–Kier alpha value is -3.86. The number of methoxy groups -OCH3 is 1. The van der Waals surface area contributed by atoms with E-state index in [4.69, 9.17) is 9.47 Å². The van der Waals surface area contributed by atoms with Crippen molar-refractivity contribution in [3.63, 3.8) is 0 Å². The van der Waals surface area contributed by atoms with Gasteiger partial charge >= 0.3 is 5.69 Å². The first-order chi connectivity index (χ1) is 17.6. The number of imidazole rings is 1. The molecule has 200 valence electrons. The van der Waals surface area contributed by atoms with E-state index in [1.165, 1.54) is 16.2 Å². The van der Waals surface area contributed by atoms with Crippen molar-refractivity contribution in [1.29, 1.82) is 0 Å². The standard InChI is InChI=1S/C26H36N6O5/c1-8-31-24-23(25(34)32(9-2)26(31)35)30(6)21(27-24)13-11-18-10-12-19(20(16-18)36-7)37-17-22(33)29(5)15-14-28(3)4/h10-13,16H,8-9,14-15,17H2,1-7H3/b13-11+. The lowest BCUT2D eigenvalue weighted by atomic mass is 10.2. The summed E-state index contributed by atoms with van der Waals surface area (Å²) in [7, 11) is 8.95. The summed E-state index contributed by atoms with van der Waals surface area (Å²) in [5.74, 6) is 1.36. The number of fused-ring (bicyclic) bond motifs is 1. The highest BCUT2D eigenvalue weighted by atomic mass is 16.5. The number of hydrogen-bond donors (Lipinski definition) is 0. The Labute approximate surface area is 216 Å². The van der Waals surface area contributed by atoms with Gasteiger partial charge in [0.15, 0.2) is 29.3 Å². The Bertz CT molecular complexity index is 1420. The van der Waals surface area contributed by atoms with Crippen molar-refractivity contribution >= 4 is 29.2 Å². The molecule has 0 spiro atoms. The van der Waals surface area contributed by atoms with Gasteiger partial charge in [0.2, 0.25) is 0 Å². The molecule has 3 rings (SSSR count). The van der Waals surface area contributed by atoms with Crippen LogP contribution in [0.25, 0.3) is 23.3 Å². The molecule has 0 aliphatic carbocycles. The van der Waals surface area contributed by atoms with Gasteiger partial charge in [-0.3, -0.25) is 18.7 Å². The van der Waals surface area contributed by atoms with Crippen molar-refractivity contribution in [2.45, 2.75) is 26.9 Å². The zero-order valence-corrected chi connectivity index (χ0v) is 22.6. The van der Waals surface area contributed by atoms with Gasteiger partial charge in [-0.2, -0.15) is 0 Å². The number of nitrogens with zero attached hydrogens (tertiary/aromatic N) is 6. The lowest BCUT2D eigenvalue weighted by molar-refractivity contribution is -0.132. The number of ether oxygens (including phenoxy) is 2. The number of likely N-dealkylation sites (N-methyl/N-ethyl adjacent to an activating group) is 2. The highest BCUT2D eigenvalue weighted by Crippen LogP contribution is 2.29. The van der Waals surface area contributed by atoms with Crippen LogP contribution in [0.15, 0.2) is 27.8 Å². The van der Waals surface area contributed by atoms with Crippen LogP contribution in [-0.4, -0.2) is 82.3 Å². The Kier molecular flexibility index (Phi) is 8.93. The molecule has 0 aliphatic rings. The third-order valence-corrected chi connectivity index (χ3v) is 6.18. The van der Waals surface area contributed by atoms with Gasteiger partial charge < -0.3 is 23.8 Å². The second kappa shape index (κ2) is 11.9. The molecule has 37 heavy (non-hydrogen) atoms. The van der Waals surface area contributed by atoms with Crippen LogP contribution >= 0.6 is 0 Å². The summed E-state index contributed by atoms with van der Waals surface area (Å²) in [5, 5.41) is 0. The molecular weight excluding hydrogens is 476 g/mol. The number of hydrogen-bond acceptors (Lipinski definition) is 7. The van der Waals surface area contributed by atoms with E-state index in [1.807, 2.05) is 38.1 Å². The van der Waals surface area contributed by atoms with E-state index in [0.717, 1.165) is 12.1 Å². The predicted molar refractivity (Wildman–Crippen MR) is 144 cm³/mol. The SMILES string of the molecule is CCn1c(=O)c2c(nc(/C=C/c3ccc(OCC(=O)N(C)CCN(C)C)c(OC)c3)n2C)n(CC)c1=O. The molecular formula is C26H36N6O5. The Morgan fingerprint density at radius 3 is 2.35 bits per heavy atom. The Morgan fingerprint density at radius 2 is 1.73 bits per heavy atom. The van der Waals surface area contributed by atoms with Crippen LogP contribution in [0.1, 0.15) is 25.2 Å². The number of aryl methyl sites for hydroxylation is 2. The number of benzene rings is 1. The van der Waals surface area contributed by atoms with Gasteiger partial charge in [0.25, 0.3) is 11.5 Å². The third-order valence-electron chi connectivity index (χ3n) is 6.18. The molecule has 11 heteroatoms. The second-order valence-corrected chi connectivity index (χ2v) is 8.93. The molecule has 0 N–H and O–H groups in total. The lowest BCUT2D eigenvalue weighted by Crippen LogP contribution is -2.39. The summed E-state index contributed by atoms with van der Waals surface area (Å²) in [6.07, 6.45) is 3.61. The number of carbonyl (C=O) groups is 1. The molecule has 0 unspecified atom stereocenters. The first kappa shape index (κ1) is 27.7. The molecule has 0 atom stereocenters. The summed E-state index contributed by atoms with van der Waals surface area (Å²) in [6, 6.07) is 5.37. The molecule has 0 radical (unpaired) electrons. The van der Waals surface area contributed by atoms with Gasteiger partial charge in [-0.15, -0.1) is 0 Å². The van der Waals surface area contributed by atoms with Crippen LogP contribution in [0.4, 0.5) is 0 Å². The molecule has 0 saturated heterocycles. The maximum absolute atomic E-state index is 12.9. The van der Waals surface area contributed by atoms with Crippen LogP contribution in [0.2, 0.25) is 0 Å². The van der Waals surface area contributed by atoms with Gasteiger partial charge in [0.05, 0.1) is 7.11 Å². The average molecular weight is 513 g/mol. The fraction of sp³-hybridized carbons (Fsp3) is 0.462. The highest BCUT2D eigenvalue weighted by Gasteiger charge is 2.18. The minimum Gasteiger partial charge on any atom is -0.493 e. The lowest BCUT2D eigenvalue weighted by Gasteiger charge is -2.20. The maximum Gasteiger partial charge on any atom is 0.332 e. The van der Waals surface area contributed by atoms with Crippen LogP contribution in [0.5, 0.6) is 11.5 Å². The minimum atomic E-state index is -0.362. The van der Waals surface area contributed by atoms with Crippen LogP contribution in [-0.2, 0) is 24.9 Å². The molecule has 0 saturated carbocycles. The van der Waals surface area contributed by atoms with Gasteiger partial charge in [-0.05, 0) is 51.7 Å². The van der Waals surface area contributed by atoms with Crippen molar-refractivity contribution in [1.82, 2.24) is 28.5 Å². The fourth-order valence-corrected chi connectivity index (χ4v) is 3.89. The Morgan fingerprint density at radius 1 is 1.03 bits per heavy atom. The van der Waals surface area contributed by atoms with E-state index < -0.39 is 0 Å². The molecule has 0 fully saturated rings. The van der Waals surface area contributed by atoms with E-state index in [9.17, 15) is 14.4 Å². The normalized spacial score (nSPS) is 11.6. The van der Waals surface area contributed by atoms with Crippen molar-refractivity contribution in [3.8, 4) is 11.5 Å². The first-order valence-electron chi connectivity index (χ1n) is 12.2. The van der Waals surface area contributed by atoms with E-state index in [0.29, 0.717) is 41.6 Å². The summed E-state index contributed by atoms with van der Waals surface area (Å²) in [4.78, 5) is 46.2. The van der Waals surface area contributed by atoms with Crippen molar-refractivity contribution in [2.24, 2.45) is 7.05 Å². The molecule has 0 bridgehead atoms. The van der Waals surface area contributed by atoms with Crippen molar-refractivity contribution < 1.29 is 14.3 Å². The topological polar surface area (TPSA) is 104 Å². The summed E-state index contributed by atoms with van der Waals surface area (Å²) in [6.45, 7) is 5.59. The van der Waals surface area contributed by atoms with E-state index >= 15 is 0 Å². The maximum atomic E-state index is 12.9. The van der Waals surface area contributed by atoms with Gasteiger partial charge in [-0.25, -0.2) is 9.78 Å². The van der Waals surface area contributed by atoms with Gasteiger partial charge in [-0.1, -0.05) is 12.1 Å². The van der Waals surface area contributed by atoms with Crippen molar-refractivity contribution in [2.75, 3.05) is 47.9 Å². The largest absolute Gasteiger partial charge is 0.493 e. The summed E-state index contributed by atoms with van der Waals surface area (Å²) in [5.41, 5.74) is 0.839. The molecule has 11 nitrogen and oxygen atoms in total. The second-order valence-electron chi connectivity index (χ2n) is 8.93. The van der Waals surface area contributed by atoms with Gasteiger partial charge in [0.1, 0.15) is 5.82 Å². The number of rotatable bonds is 11. The number of aromatic nitrogens is 4. The Balaban J connectivity index is 1.83. The van der Waals surface area contributed by atoms with Crippen LogP contribution in [0.3, 0.4) is 0 Å². The number of amides is 1.